The van der Waals surface area contributed by atoms with E-state index in [1.165, 1.54) is 18.5 Å². The Morgan fingerprint density at radius 1 is 1.27 bits per heavy atom. The fourth-order valence-corrected chi connectivity index (χ4v) is 2.80. The van der Waals surface area contributed by atoms with Crippen molar-refractivity contribution in [1.29, 1.82) is 0 Å². The highest BCUT2D eigenvalue weighted by Gasteiger charge is 2.04. The van der Waals surface area contributed by atoms with Crippen LogP contribution in [0.4, 0.5) is 0 Å². The van der Waals surface area contributed by atoms with Gasteiger partial charge in [-0.15, -0.1) is 11.4 Å². The van der Waals surface area contributed by atoms with Crippen molar-refractivity contribution < 1.29 is 28.5 Å². The maximum atomic E-state index is 2.25. The van der Waals surface area contributed by atoms with E-state index in [1.54, 1.807) is 0 Å². The summed E-state index contributed by atoms with van der Waals surface area (Å²) in [4.78, 5) is 0. The molecule has 0 aromatic rings. The largest absolute Gasteiger partial charge is 1.00 e. The van der Waals surface area contributed by atoms with E-state index in [0.717, 1.165) is 12.3 Å². The van der Waals surface area contributed by atoms with E-state index in [-0.39, 0.29) is 24.0 Å². The van der Waals surface area contributed by atoms with Crippen LogP contribution in [0, 0.1) is 0 Å². The average molecular weight is 307 g/mol. The Kier molecular flexibility index (Phi) is 11.0. The molecule has 0 aromatic heterocycles. The van der Waals surface area contributed by atoms with Crippen LogP contribution in [0.2, 0.25) is 0 Å². The molecule has 1 unspecified atom stereocenters. The molecule has 0 saturated heterocycles. The number of quaternary nitrogens is 1. The molecule has 0 heterocycles. The SMILES string of the molecule is CCPSCC[N+](C)(C)C.[I-]. The summed E-state index contributed by atoms with van der Waals surface area (Å²) in [6.45, 7) is 3.54. The lowest BCUT2D eigenvalue weighted by atomic mass is 10.6. The molecule has 1 nitrogen and oxygen atoms in total. The summed E-state index contributed by atoms with van der Waals surface area (Å²) in [5.41, 5.74) is 0. The molecule has 0 aromatic carbocycles. The van der Waals surface area contributed by atoms with Gasteiger partial charge in [0, 0.05) is 5.75 Å². The highest BCUT2D eigenvalue weighted by atomic mass is 127. The van der Waals surface area contributed by atoms with Crippen molar-refractivity contribution in [2.24, 2.45) is 0 Å². The Morgan fingerprint density at radius 3 is 2.18 bits per heavy atom. The smallest absolute Gasteiger partial charge is 0.0875 e. The van der Waals surface area contributed by atoms with E-state index in [9.17, 15) is 0 Å². The molecule has 70 valence electrons. The van der Waals surface area contributed by atoms with E-state index in [2.05, 4.69) is 39.4 Å². The van der Waals surface area contributed by atoms with E-state index >= 15 is 0 Å². The summed E-state index contributed by atoms with van der Waals surface area (Å²) < 4.78 is 1.10. The summed E-state index contributed by atoms with van der Waals surface area (Å²) in [5, 5.41) is 0. The van der Waals surface area contributed by atoms with Gasteiger partial charge < -0.3 is 28.5 Å². The van der Waals surface area contributed by atoms with Crippen molar-refractivity contribution in [3.05, 3.63) is 0 Å². The molecule has 11 heavy (non-hydrogen) atoms. The average Bonchev–Trinajstić information content (AvgIpc) is 1.78. The lowest BCUT2D eigenvalue weighted by Gasteiger charge is -2.23. The third-order valence-electron chi connectivity index (χ3n) is 1.11. The number of hydrogen-bond donors (Lipinski definition) is 0. The van der Waals surface area contributed by atoms with Gasteiger partial charge in [-0.2, -0.15) is 0 Å². The Hall–Kier alpha value is 1.47. The first-order chi connectivity index (χ1) is 4.56. The molecule has 0 amide bonds. The first-order valence-electron chi connectivity index (χ1n) is 3.71. The van der Waals surface area contributed by atoms with Gasteiger partial charge in [0.15, 0.2) is 0 Å². The monoisotopic (exact) mass is 307 g/mol. The van der Waals surface area contributed by atoms with Crippen molar-refractivity contribution in [2.45, 2.75) is 6.92 Å². The summed E-state index contributed by atoms with van der Waals surface area (Å²) >= 11 is 2.09. The molecule has 0 aliphatic carbocycles. The Morgan fingerprint density at radius 2 is 1.82 bits per heavy atom. The quantitative estimate of drug-likeness (QED) is 0.273. The molecular weight excluding hydrogens is 288 g/mol. The molecule has 0 spiro atoms. The third kappa shape index (κ3) is 14.3. The Bertz CT molecular complexity index is 85.0. The molecular formula is C7H19INPS. The predicted molar refractivity (Wildman–Crippen MR) is 54.2 cm³/mol. The van der Waals surface area contributed by atoms with Gasteiger partial charge in [0.1, 0.15) is 0 Å². The van der Waals surface area contributed by atoms with Crippen LogP contribution in [0.25, 0.3) is 0 Å². The van der Waals surface area contributed by atoms with Gasteiger partial charge in [-0.05, 0) is 6.16 Å². The van der Waals surface area contributed by atoms with Gasteiger partial charge in [-0.1, -0.05) is 14.7 Å². The summed E-state index contributed by atoms with van der Waals surface area (Å²) in [7, 11) is 7.84. The van der Waals surface area contributed by atoms with E-state index < -0.39 is 0 Å². The van der Waals surface area contributed by atoms with Crippen LogP contribution in [-0.4, -0.2) is 44.1 Å². The second-order valence-electron chi connectivity index (χ2n) is 3.36. The minimum atomic E-state index is 0. The molecule has 0 rings (SSSR count). The van der Waals surface area contributed by atoms with E-state index in [1.807, 2.05) is 0 Å². The van der Waals surface area contributed by atoms with Gasteiger partial charge in [-0.25, -0.2) is 0 Å². The van der Waals surface area contributed by atoms with Crippen LogP contribution < -0.4 is 24.0 Å². The summed E-state index contributed by atoms with van der Waals surface area (Å²) in [6, 6.07) is 0. The lowest BCUT2D eigenvalue weighted by molar-refractivity contribution is -0.867. The molecule has 4 heteroatoms. The number of nitrogens with zero attached hydrogens (tertiary/aromatic N) is 1. The molecule has 0 aliphatic heterocycles. The number of hydrogen-bond acceptors (Lipinski definition) is 1. The first kappa shape index (κ1) is 15.0. The first-order valence-corrected chi connectivity index (χ1v) is 6.63. The van der Waals surface area contributed by atoms with Crippen LogP contribution in [0.1, 0.15) is 6.92 Å². The van der Waals surface area contributed by atoms with Gasteiger partial charge in [0.2, 0.25) is 0 Å². The maximum absolute atomic E-state index is 2.25. The third-order valence-corrected chi connectivity index (χ3v) is 4.08. The summed E-state index contributed by atoms with van der Waals surface area (Å²) in [6.07, 6.45) is 1.34. The fourth-order valence-electron chi connectivity index (χ4n) is 0.494. The van der Waals surface area contributed by atoms with Crippen LogP contribution in [-0.2, 0) is 0 Å². The van der Waals surface area contributed by atoms with Gasteiger partial charge in [0.05, 0.1) is 27.7 Å². The van der Waals surface area contributed by atoms with E-state index in [4.69, 9.17) is 0 Å². The van der Waals surface area contributed by atoms with Crippen molar-refractivity contribution in [1.82, 2.24) is 0 Å². The molecule has 0 N–H and O–H groups in total. The minimum Gasteiger partial charge on any atom is -1.00 e. The van der Waals surface area contributed by atoms with Crippen molar-refractivity contribution in [3.8, 4) is 0 Å². The zero-order valence-corrected chi connectivity index (χ0v) is 11.8. The highest BCUT2D eigenvalue weighted by molar-refractivity contribution is 8.49. The van der Waals surface area contributed by atoms with Crippen LogP contribution in [0.5, 0.6) is 0 Å². The molecule has 0 fully saturated rings. The minimum absolute atomic E-state index is 0. The van der Waals surface area contributed by atoms with Crippen LogP contribution >= 0.6 is 19.2 Å². The van der Waals surface area contributed by atoms with Crippen molar-refractivity contribution in [3.63, 3.8) is 0 Å². The van der Waals surface area contributed by atoms with Gasteiger partial charge in [0.25, 0.3) is 0 Å². The van der Waals surface area contributed by atoms with E-state index in [0.29, 0.717) is 0 Å². The topological polar surface area (TPSA) is 0 Å². The van der Waals surface area contributed by atoms with Crippen molar-refractivity contribution in [2.75, 3.05) is 39.6 Å². The normalized spacial score (nSPS) is 12.0. The molecule has 0 saturated carbocycles. The molecule has 1 atom stereocenters. The standard InChI is InChI=1S/C7H19NPS.HI/c1-5-9-10-7-6-8(2,3)4;/h9H,5-7H2,1-4H3;1H/q+1;/p-1. The molecule has 0 bridgehead atoms. The maximum Gasteiger partial charge on any atom is 0.0875 e. The van der Waals surface area contributed by atoms with Crippen LogP contribution in [0.15, 0.2) is 0 Å². The van der Waals surface area contributed by atoms with Gasteiger partial charge in [-0.3, -0.25) is 0 Å². The second-order valence-corrected chi connectivity index (χ2v) is 6.79. The Balaban J connectivity index is 0. The highest BCUT2D eigenvalue weighted by Crippen LogP contribution is 2.27. The fraction of sp³-hybridized carbons (Fsp3) is 1.00. The molecule has 0 aliphatic rings. The predicted octanol–water partition coefficient (Wildman–Crippen LogP) is -0.957. The lowest BCUT2D eigenvalue weighted by Crippen LogP contribution is -3.00. The number of rotatable bonds is 5. The van der Waals surface area contributed by atoms with Gasteiger partial charge >= 0.3 is 0 Å². The second kappa shape index (κ2) is 8.09. The van der Waals surface area contributed by atoms with Crippen LogP contribution in [0.3, 0.4) is 0 Å². The Labute approximate surface area is 93.8 Å². The van der Waals surface area contributed by atoms with Crippen molar-refractivity contribution >= 4 is 19.2 Å². The zero-order chi connectivity index (χ0) is 8.04. The number of halogens is 1. The zero-order valence-electron chi connectivity index (χ0n) is 7.85. The molecule has 0 radical (unpaired) electrons. The summed E-state index contributed by atoms with van der Waals surface area (Å²) in [5.74, 6) is 1.32.